The smallest absolute Gasteiger partial charge is 0.0166 e. The molecule has 0 bridgehead atoms. The molecule has 0 radical (unpaired) electrons. The topological polar surface area (TPSA) is 29.3 Å². The second-order valence-corrected chi connectivity index (χ2v) is 5.41. The van der Waals surface area contributed by atoms with Crippen LogP contribution in [0.4, 0.5) is 0 Å². The summed E-state index contributed by atoms with van der Waals surface area (Å²) in [4.78, 5) is 2.45. The van der Waals surface area contributed by atoms with Crippen LogP contribution >= 0.6 is 0 Å². The molecule has 1 unspecified atom stereocenters. The molecular formula is C13H28N2. The minimum Gasteiger partial charge on any atom is -0.325 e. The van der Waals surface area contributed by atoms with Crippen LogP contribution in [0, 0.1) is 0 Å². The van der Waals surface area contributed by atoms with Gasteiger partial charge in [0.1, 0.15) is 0 Å². The largest absolute Gasteiger partial charge is 0.325 e. The van der Waals surface area contributed by atoms with E-state index in [1.54, 1.807) is 0 Å². The van der Waals surface area contributed by atoms with Crippen molar-refractivity contribution in [3.63, 3.8) is 0 Å². The molecule has 0 aromatic carbocycles. The molecule has 2 heteroatoms. The highest BCUT2D eigenvalue weighted by atomic mass is 15.1. The van der Waals surface area contributed by atoms with Crippen LogP contribution < -0.4 is 5.73 Å². The molecule has 0 spiro atoms. The van der Waals surface area contributed by atoms with Gasteiger partial charge < -0.3 is 10.6 Å². The quantitative estimate of drug-likeness (QED) is 0.759. The van der Waals surface area contributed by atoms with E-state index in [1.807, 2.05) is 0 Å². The average molecular weight is 212 g/mol. The van der Waals surface area contributed by atoms with Crippen LogP contribution in [0.1, 0.15) is 58.8 Å². The Bertz CT molecular complexity index is 173. The zero-order chi connectivity index (χ0) is 11.3. The van der Waals surface area contributed by atoms with Crippen molar-refractivity contribution in [1.82, 2.24) is 4.90 Å². The lowest BCUT2D eigenvalue weighted by Crippen LogP contribution is -2.45. The van der Waals surface area contributed by atoms with Gasteiger partial charge in [0.15, 0.2) is 0 Å². The Labute approximate surface area is 95.2 Å². The first-order valence-electron chi connectivity index (χ1n) is 6.56. The fourth-order valence-corrected chi connectivity index (χ4v) is 2.44. The van der Waals surface area contributed by atoms with Gasteiger partial charge in [0, 0.05) is 11.6 Å². The summed E-state index contributed by atoms with van der Waals surface area (Å²) in [5.41, 5.74) is 6.58. The Hall–Kier alpha value is -0.0800. The van der Waals surface area contributed by atoms with E-state index in [4.69, 9.17) is 5.73 Å². The molecule has 1 saturated carbocycles. The molecule has 1 atom stereocenters. The van der Waals surface area contributed by atoms with Crippen molar-refractivity contribution in [2.45, 2.75) is 70.4 Å². The van der Waals surface area contributed by atoms with Gasteiger partial charge in [-0.15, -0.1) is 0 Å². The Morgan fingerprint density at radius 1 is 1.27 bits per heavy atom. The third kappa shape index (κ3) is 4.12. The molecule has 1 rings (SSSR count). The van der Waals surface area contributed by atoms with Gasteiger partial charge in [-0.05, 0) is 46.2 Å². The maximum Gasteiger partial charge on any atom is 0.0166 e. The van der Waals surface area contributed by atoms with Gasteiger partial charge in [0.2, 0.25) is 0 Å². The molecule has 90 valence electrons. The molecule has 1 aliphatic carbocycles. The standard InChI is InChI=1S/C13H28N2/c1-4-12(2)15(3)11-10-13(14)8-6-5-7-9-13/h12H,4-11,14H2,1-3H3. The molecule has 1 fully saturated rings. The number of nitrogens with zero attached hydrogens (tertiary/aromatic N) is 1. The predicted octanol–water partition coefficient (Wildman–Crippen LogP) is 2.77. The van der Waals surface area contributed by atoms with Crippen molar-refractivity contribution in [3.8, 4) is 0 Å². The Balaban J connectivity index is 2.28. The van der Waals surface area contributed by atoms with Crippen molar-refractivity contribution in [1.29, 1.82) is 0 Å². The first kappa shape index (κ1) is 13.0. The first-order valence-corrected chi connectivity index (χ1v) is 6.56. The lowest BCUT2D eigenvalue weighted by Gasteiger charge is -2.35. The molecule has 0 amide bonds. The van der Waals surface area contributed by atoms with Crippen LogP contribution in [0.3, 0.4) is 0 Å². The van der Waals surface area contributed by atoms with Crippen molar-refractivity contribution in [2.75, 3.05) is 13.6 Å². The summed E-state index contributed by atoms with van der Waals surface area (Å²) in [6.07, 6.45) is 8.94. The van der Waals surface area contributed by atoms with Gasteiger partial charge in [-0.1, -0.05) is 26.2 Å². The molecule has 2 N–H and O–H groups in total. The number of hydrogen-bond donors (Lipinski definition) is 1. The zero-order valence-electron chi connectivity index (χ0n) is 10.8. The average Bonchev–Trinajstić information content (AvgIpc) is 2.26. The van der Waals surface area contributed by atoms with Crippen LogP contribution in [-0.4, -0.2) is 30.1 Å². The van der Waals surface area contributed by atoms with Crippen molar-refractivity contribution in [3.05, 3.63) is 0 Å². The lowest BCUT2D eigenvalue weighted by molar-refractivity contribution is 0.197. The van der Waals surface area contributed by atoms with Gasteiger partial charge in [0.05, 0.1) is 0 Å². The summed E-state index contributed by atoms with van der Waals surface area (Å²) in [5.74, 6) is 0. The molecule has 0 aromatic heterocycles. The van der Waals surface area contributed by atoms with Gasteiger partial charge in [-0.25, -0.2) is 0 Å². The van der Waals surface area contributed by atoms with Crippen molar-refractivity contribution in [2.24, 2.45) is 5.73 Å². The first-order chi connectivity index (χ1) is 7.07. The molecule has 0 heterocycles. The summed E-state index contributed by atoms with van der Waals surface area (Å²) >= 11 is 0. The normalized spacial score (nSPS) is 23.0. The lowest BCUT2D eigenvalue weighted by atomic mass is 9.80. The van der Waals surface area contributed by atoms with Crippen molar-refractivity contribution >= 4 is 0 Å². The number of rotatable bonds is 5. The van der Waals surface area contributed by atoms with Crippen LogP contribution in [0.5, 0.6) is 0 Å². The van der Waals surface area contributed by atoms with Crippen molar-refractivity contribution < 1.29 is 0 Å². The monoisotopic (exact) mass is 212 g/mol. The van der Waals surface area contributed by atoms with Gasteiger partial charge in [-0.2, -0.15) is 0 Å². The highest BCUT2D eigenvalue weighted by Crippen LogP contribution is 2.28. The van der Waals surface area contributed by atoms with Crippen LogP contribution in [0.2, 0.25) is 0 Å². The number of hydrogen-bond acceptors (Lipinski definition) is 2. The third-order valence-corrected chi connectivity index (χ3v) is 4.16. The fourth-order valence-electron chi connectivity index (χ4n) is 2.44. The van der Waals surface area contributed by atoms with E-state index in [-0.39, 0.29) is 5.54 Å². The van der Waals surface area contributed by atoms with Crippen LogP contribution in [0.25, 0.3) is 0 Å². The van der Waals surface area contributed by atoms with Crippen LogP contribution in [-0.2, 0) is 0 Å². The SMILES string of the molecule is CCC(C)N(C)CCC1(N)CCCCC1. The maximum absolute atomic E-state index is 6.42. The van der Waals surface area contributed by atoms with Gasteiger partial charge in [-0.3, -0.25) is 0 Å². The van der Waals surface area contributed by atoms with Gasteiger partial charge >= 0.3 is 0 Å². The summed E-state index contributed by atoms with van der Waals surface area (Å²) < 4.78 is 0. The minimum atomic E-state index is 0.153. The fraction of sp³-hybridized carbons (Fsp3) is 1.00. The third-order valence-electron chi connectivity index (χ3n) is 4.16. The Morgan fingerprint density at radius 3 is 2.40 bits per heavy atom. The highest BCUT2D eigenvalue weighted by Gasteiger charge is 2.27. The molecule has 0 aromatic rings. The van der Waals surface area contributed by atoms with E-state index in [2.05, 4.69) is 25.8 Å². The van der Waals surface area contributed by atoms with E-state index in [1.165, 1.54) is 44.9 Å². The molecule has 15 heavy (non-hydrogen) atoms. The molecule has 1 aliphatic rings. The molecule has 2 nitrogen and oxygen atoms in total. The summed E-state index contributed by atoms with van der Waals surface area (Å²) in [5, 5.41) is 0. The molecule has 0 aliphatic heterocycles. The maximum atomic E-state index is 6.42. The summed E-state index contributed by atoms with van der Waals surface area (Å²) in [6.45, 7) is 5.70. The van der Waals surface area contributed by atoms with Crippen LogP contribution in [0.15, 0.2) is 0 Å². The Kier molecular flexibility index (Phi) is 5.07. The van der Waals surface area contributed by atoms with E-state index in [9.17, 15) is 0 Å². The predicted molar refractivity (Wildman–Crippen MR) is 67.0 cm³/mol. The van der Waals surface area contributed by atoms with E-state index in [0.29, 0.717) is 6.04 Å². The van der Waals surface area contributed by atoms with E-state index >= 15 is 0 Å². The molecular weight excluding hydrogens is 184 g/mol. The van der Waals surface area contributed by atoms with Gasteiger partial charge in [0.25, 0.3) is 0 Å². The number of nitrogens with two attached hydrogens (primary N) is 1. The minimum absolute atomic E-state index is 0.153. The molecule has 0 saturated heterocycles. The summed E-state index contributed by atoms with van der Waals surface area (Å²) in [6, 6.07) is 0.692. The van der Waals surface area contributed by atoms with E-state index in [0.717, 1.165) is 6.54 Å². The summed E-state index contributed by atoms with van der Waals surface area (Å²) in [7, 11) is 2.22. The van der Waals surface area contributed by atoms with E-state index < -0.39 is 0 Å². The zero-order valence-corrected chi connectivity index (χ0v) is 10.8. The Morgan fingerprint density at radius 2 is 1.87 bits per heavy atom. The second kappa shape index (κ2) is 5.86. The highest BCUT2D eigenvalue weighted by molar-refractivity contribution is 4.88. The second-order valence-electron chi connectivity index (χ2n) is 5.41.